The molecule has 1 atom stereocenters. The minimum Gasteiger partial charge on any atom is -0.351 e. The molecular formula is C15H27N3O4S. The highest BCUT2D eigenvalue weighted by Crippen LogP contribution is 2.11. The van der Waals surface area contributed by atoms with Gasteiger partial charge >= 0.3 is 0 Å². The molecule has 0 aromatic heterocycles. The Hall–Kier alpha value is -1.15. The Kier molecular flexibility index (Phi) is 6.41. The Balaban J connectivity index is 1.68. The summed E-state index contributed by atoms with van der Waals surface area (Å²) in [5, 5.41) is 2.80. The van der Waals surface area contributed by atoms with Gasteiger partial charge in [-0.2, -0.15) is 0 Å². The van der Waals surface area contributed by atoms with Crippen LogP contribution in [0.1, 0.15) is 32.6 Å². The van der Waals surface area contributed by atoms with Gasteiger partial charge in [0, 0.05) is 38.6 Å². The summed E-state index contributed by atoms with van der Waals surface area (Å²) in [6.45, 7) is 5.04. The number of piperazine rings is 1. The van der Waals surface area contributed by atoms with Crippen molar-refractivity contribution >= 4 is 21.7 Å². The summed E-state index contributed by atoms with van der Waals surface area (Å²) in [6.07, 6.45) is 3.05. The molecule has 2 aliphatic rings. The van der Waals surface area contributed by atoms with Crippen LogP contribution in [0, 0.1) is 0 Å². The van der Waals surface area contributed by atoms with Crippen LogP contribution in [0.25, 0.3) is 0 Å². The summed E-state index contributed by atoms with van der Waals surface area (Å²) in [7, 11) is -2.97. The third kappa shape index (κ3) is 5.76. The van der Waals surface area contributed by atoms with Crippen LogP contribution >= 0.6 is 0 Å². The van der Waals surface area contributed by atoms with E-state index in [1.807, 2.05) is 9.80 Å². The van der Waals surface area contributed by atoms with Crippen LogP contribution in [0.2, 0.25) is 0 Å². The third-order valence-electron chi connectivity index (χ3n) is 4.43. The highest BCUT2D eigenvalue weighted by Gasteiger charge is 2.29. The molecule has 0 aliphatic carbocycles. The standard InChI is InChI=1S/C15H27N3O4S/c1-2-3-4-15(20)18-8-6-17(7-9-18)11-14(19)16-13-5-10-23(21,22)12-13/h13H,2-12H2,1H3,(H,16,19). The molecule has 0 spiro atoms. The zero-order chi connectivity index (χ0) is 16.9. The molecule has 7 nitrogen and oxygen atoms in total. The van der Waals surface area contributed by atoms with Crippen molar-refractivity contribution in [3.8, 4) is 0 Å². The third-order valence-corrected chi connectivity index (χ3v) is 6.20. The molecule has 0 bridgehead atoms. The number of rotatable bonds is 6. The number of unbranched alkanes of at least 4 members (excludes halogenated alkanes) is 1. The molecule has 2 aliphatic heterocycles. The lowest BCUT2D eigenvalue weighted by Crippen LogP contribution is -2.52. The summed E-state index contributed by atoms with van der Waals surface area (Å²) in [6, 6.07) is -0.246. The van der Waals surface area contributed by atoms with Crippen LogP contribution in [0.5, 0.6) is 0 Å². The lowest BCUT2D eigenvalue weighted by molar-refractivity contribution is -0.133. The van der Waals surface area contributed by atoms with Gasteiger partial charge in [-0.25, -0.2) is 8.42 Å². The zero-order valence-electron chi connectivity index (χ0n) is 13.8. The second-order valence-electron chi connectivity index (χ2n) is 6.43. The summed E-state index contributed by atoms with van der Waals surface area (Å²) in [4.78, 5) is 27.8. The molecule has 0 saturated carbocycles. The minimum absolute atomic E-state index is 0.0540. The lowest BCUT2D eigenvalue weighted by Gasteiger charge is -2.34. The Morgan fingerprint density at radius 3 is 2.43 bits per heavy atom. The Bertz CT molecular complexity index is 527. The maximum atomic E-state index is 12.0. The molecule has 23 heavy (non-hydrogen) atoms. The highest BCUT2D eigenvalue weighted by atomic mass is 32.2. The number of amides is 2. The monoisotopic (exact) mass is 345 g/mol. The van der Waals surface area contributed by atoms with Crippen molar-refractivity contribution in [2.45, 2.75) is 38.6 Å². The molecule has 2 amide bonds. The van der Waals surface area contributed by atoms with E-state index < -0.39 is 9.84 Å². The van der Waals surface area contributed by atoms with Gasteiger partial charge < -0.3 is 10.2 Å². The van der Waals surface area contributed by atoms with Gasteiger partial charge in [0.2, 0.25) is 11.8 Å². The molecular weight excluding hydrogens is 318 g/mol. The van der Waals surface area contributed by atoms with E-state index in [0.717, 1.165) is 12.8 Å². The van der Waals surface area contributed by atoms with Gasteiger partial charge in [-0.15, -0.1) is 0 Å². The second-order valence-corrected chi connectivity index (χ2v) is 8.66. The number of hydrogen-bond acceptors (Lipinski definition) is 5. The molecule has 0 radical (unpaired) electrons. The van der Waals surface area contributed by atoms with Crippen molar-refractivity contribution in [2.75, 3.05) is 44.2 Å². The molecule has 2 heterocycles. The van der Waals surface area contributed by atoms with Crippen molar-refractivity contribution in [1.29, 1.82) is 0 Å². The molecule has 2 saturated heterocycles. The number of nitrogens with zero attached hydrogens (tertiary/aromatic N) is 2. The second kappa shape index (κ2) is 8.10. The zero-order valence-corrected chi connectivity index (χ0v) is 14.6. The Morgan fingerprint density at radius 1 is 1.17 bits per heavy atom. The van der Waals surface area contributed by atoms with Crippen molar-refractivity contribution in [3.05, 3.63) is 0 Å². The first kappa shape index (κ1) is 18.2. The fourth-order valence-corrected chi connectivity index (χ4v) is 4.70. The Labute approximate surface area is 138 Å². The maximum Gasteiger partial charge on any atom is 0.234 e. The van der Waals surface area contributed by atoms with Crippen molar-refractivity contribution in [1.82, 2.24) is 15.1 Å². The van der Waals surface area contributed by atoms with Crippen LogP contribution in [-0.2, 0) is 19.4 Å². The van der Waals surface area contributed by atoms with Crippen LogP contribution < -0.4 is 5.32 Å². The summed E-state index contributed by atoms with van der Waals surface area (Å²) in [5.41, 5.74) is 0. The number of sulfone groups is 1. The van der Waals surface area contributed by atoms with Gasteiger partial charge in [-0.3, -0.25) is 14.5 Å². The van der Waals surface area contributed by atoms with E-state index in [2.05, 4.69) is 12.2 Å². The van der Waals surface area contributed by atoms with Gasteiger partial charge in [-0.05, 0) is 12.8 Å². The molecule has 132 valence electrons. The number of carbonyl (C=O) groups excluding carboxylic acids is 2. The highest BCUT2D eigenvalue weighted by molar-refractivity contribution is 7.91. The van der Waals surface area contributed by atoms with E-state index in [0.29, 0.717) is 39.0 Å². The van der Waals surface area contributed by atoms with E-state index in [-0.39, 0.29) is 35.9 Å². The van der Waals surface area contributed by atoms with Crippen LogP contribution in [0.15, 0.2) is 0 Å². The molecule has 8 heteroatoms. The van der Waals surface area contributed by atoms with Crippen molar-refractivity contribution < 1.29 is 18.0 Å². The van der Waals surface area contributed by atoms with Gasteiger partial charge in [0.1, 0.15) is 0 Å². The first-order chi connectivity index (χ1) is 10.9. The molecule has 2 rings (SSSR count). The van der Waals surface area contributed by atoms with E-state index >= 15 is 0 Å². The summed E-state index contributed by atoms with van der Waals surface area (Å²) >= 11 is 0. The van der Waals surface area contributed by atoms with Gasteiger partial charge in [0.25, 0.3) is 0 Å². The molecule has 1 N–H and O–H groups in total. The van der Waals surface area contributed by atoms with E-state index in [1.54, 1.807) is 0 Å². The SMILES string of the molecule is CCCCC(=O)N1CCN(CC(=O)NC2CCS(=O)(=O)C2)CC1. The van der Waals surface area contributed by atoms with E-state index in [9.17, 15) is 18.0 Å². The lowest BCUT2D eigenvalue weighted by atomic mass is 10.2. The summed E-state index contributed by atoms with van der Waals surface area (Å²) in [5.74, 6) is 0.291. The maximum absolute atomic E-state index is 12.0. The van der Waals surface area contributed by atoms with Gasteiger partial charge in [0.15, 0.2) is 9.84 Å². The predicted octanol–water partition coefficient (Wildman–Crippen LogP) is -0.376. The van der Waals surface area contributed by atoms with Crippen molar-refractivity contribution in [3.63, 3.8) is 0 Å². The van der Waals surface area contributed by atoms with Crippen LogP contribution in [0.4, 0.5) is 0 Å². The molecule has 1 unspecified atom stereocenters. The van der Waals surface area contributed by atoms with E-state index in [1.165, 1.54) is 0 Å². The quantitative estimate of drug-likeness (QED) is 0.709. The average molecular weight is 345 g/mol. The van der Waals surface area contributed by atoms with Gasteiger partial charge in [-0.1, -0.05) is 13.3 Å². The van der Waals surface area contributed by atoms with Crippen molar-refractivity contribution in [2.24, 2.45) is 0 Å². The fourth-order valence-electron chi connectivity index (χ4n) is 3.03. The topological polar surface area (TPSA) is 86.8 Å². The van der Waals surface area contributed by atoms with Crippen LogP contribution in [-0.4, -0.2) is 80.3 Å². The smallest absolute Gasteiger partial charge is 0.234 e. The van der Waals surface area contributed by atoms with E-state index in [4.69, 9.17) is 0 Å². The van der Waals surface area contributed by atoms with Gasteiger partial charge in [0.05, 0.1) is 18.1 Å². The largest absolute Gasteiger partial charge is 0.351 e. The van der Waals surface area contributed by atoms with Crippen LogP contribution in [0.3, 0.4) is 0 Å². The average Bonchev–Trinajstić information content (AvgIpc) is 2.84. The molecule has 2 fully saturated rings. The first-order valence-corrected chi connectivity index (χ1v) is 10.2. The molecule has 0 aromatic rings. The Morgan fingerprint density at radius 2 is 1.87 bits per heavy atom. The number of carbonyl (C=O) groups is 2. The first-order valence-electron chi connectivity index (χ1n) is 8.39. The normalized spacial score (nSPS) is 24.6. The predicted molar refractivity (Wildman–Crippen MR) is 87.7 cm³/mol. The minimum atomic E-state index is -2.97. The summed E-state index contributed by atoms with van der Waals surface area (Å²) < 4.78 is 22.8. The molecule has 0 aromatic carbocycles. The number of nitrogens with one attached hydrogen (secondary N) is 1. The fraction of sp³-hybridized carbons (Fsp3) is 0.867. The number of hydrogen-bond donors (Lipinski definition) is 1.